The number of fused-ring (bicyclic) bond motifs is 1. The van der Waals surface area contributed by atoms with Crippen LogP contribution in [0.15, 0.2) is 53.8 Å². The summed E-state index contributed by atoms with van der Waals surface area (Å²) in [6, 6.07) is 10.9. The maximum atomic E-state index is 11.8. The SMILES string of the molecule is CC(c1ccc2cccnc2c1)N1CCN(c2ncc(S(C)(=N)=O)cn2)CC1. The Kier molecular flexibility index (Phi) is 4.99. The highest BCUT2D eigenvalue weighted by atomic mass is 32.2. The Balaban J connectivity index is 1.43. The van der Waals surface area contributed by atoms with Gasteiger partial charge in [-0.15, -0.1) is 0 Å². The summed E-state index contributed by atoms with van der Waals surface area (Å²) in [7, 11) is -2.77. The lowest BCUT2D eigenvalue weighted by atomic mass is 10.0. The normalized spacial score (nSPS) is 18.7. The molecule has 1 aromatic carbocycles. The van der Waals surface area contributed by atoms with E-state index in [1.807, 2.05) is 12.3 Å². The number of nitrogens with zero attached hydrogens (tertiary/aromatic N) is 5. The van der Waals surface area contributed by atoms with E-state index >= 15 is 0 Å². The second-order valence-electron chi connectivity index (χ2n) is 7.22. The van der Waals surface area contributed by atoms with Gasteiger partial charge in [-0.25, -0.2) is 19.0 Å². The Hall–Kier alpha value is -2.58. The number of hydrogen-bond acceptors (Lipinski definition) is 7. The highest BCUT2D eigenvalue weighted by Gasteiger charge is 2.23. The van der Waals surface area contributed by atoms with E-state index in [9.17, 15) is 4.21 Å². The summed E-state index contributed by atoms with van der Waals surface area (Å²) in [5.41, 5.74) is 2.30. The molecule has 3 aromatic rings. The van der Waals surface area contributed by atoms with Crippen molar-refractivity contribution in [2.75, 3.05) is 37.3 Å². The lowest BCUT2D eigenvalue weighted by Gasteiger charge is -2.38. The number of piperazine rings is 1. The van der Waals surface area contributed by atoms with Crippen LogP contribution < -0.4 is 4.90 Å². The van der Waals surface area contributed by atoms with Gasteiger partial charge in [0.2, 0.25) is 5.95 Å². The summed E-state index contributed by atoms with van der Waals surface area (Å²) in [5.74, 6) is 0.634. The van der Waals surface area contributed by atoms with Crippen molar-refractivity contribution in [3.63, 3.8) is 0 Å². The molecule has 0 spiro atoms. The first kappa shape index (κ1) is 18.8. The molecule has 1 aliphatic rings. The molecule has 7 nitrogen and oxygen atoms in total. The molecule has 0 radical (unpaired) electrons. The molecule has 1 fully saturated rings. The van der Waals surface area contributed by atoms with Crippen LogP contribution in [0.3, 0.4) is 0 Å². The molecule has 146 valence electrons. The van der Waals surface area contributed by atoms with Gasteiger partial charge in [0.15, 0.2) is 0 Å². The monoisotopic (exact) mass is 396 g/mol. The zero-order valence-electron chi connectivity index (χ0n) is 16.1. The lowest BCUT2D eigenvalue weighted by Crippen LogP contribution is -2.47. The third kappa shape index (κ3) is 3.83. The van der Waals surface area contributed by atoms with Crippen molar-refractivity contribution in [2.24, 2.45) is 0 Å². The van der Waals surface area contributed by atoms with E-state index in [1.54, 1.807) is 0 Å². The van der Waals surface area contributed by atoms with Crippen molar-refractivity contribution in [3.05, 3.63) is 54.5 Å². The van der Waals surface area contributed by atoms with E-state index in [2.05, 4.69) is 55.9 Å². The Morgan fingerprint density at radius 3 is 2.46 bits per heavy atom. The van der Waals surface area contributed by atoms with Crippen molar-refractivity contribution in [3.8, 4) is 0 Å². The van der Waals surface area contributed by atoms with Crippen molar-refractivity contribution in [1.29, 1.82) is 4.78 Å². The molecule has 28 heavy (non-hydrogen) atoms. The topological polar surface area (TPSA) is 86.1 Å². The average Bonchev–Trinajstić information content (AvgIpc) is 2.72. The van der Waals surface area contributed by atoms with Crippen LogP contribution in [-0.2, 0) is 9.73 Å². The largest absolute Gasteiger partial charge is 0.338 e. The van der Waals surface area contributed by atoms with E-state index in [1.165, 1.54) is 24.2 Å². The Labute approximate surface area is 165 Å². The van der Waals surface area contributed by atoms with Crippen LogP contribution in [0.5, 0.6) is 0 Å². The fraction of sp³-hybridized carbons (Fsp3) is 0.350. The Morgan fingerprint density at radius 1 is 1.07 bits per heavy atom. The molecule has 3 heterocycles. The molecule has 0 aliphatic carbocycles. The van der Waals surface area contributed by atoms with Crippen LogP contribution >= 0.6 is 0 Å². The number of hydrogen-bond donors (Lipinski definition) is 1. The third-order valence-electron chi connectivity index (χ3n) is 5.32. The molecular weight excluding hydrogens is 372 g/mol. The minimum absolute atomic E-state index is 0.310. The van der Waals surface area contributed by atoms with Gasteiger partial charge in [-0.2, -0.15) is 0 Å². The minimum Gasteiger partial charge on any atom is -0.338 e. The first-order valence-corrected chi connectivity index (χ1v) is 11.3. The van der Waals surface area contributed by atoms with Crippen LogP contribution in [0.1, 0.15) is 18.5 Å². The van der Waals surface area contributed by atoms with Gasteiger partial charge in [0.05, 0.1) is 20.1 Å². The predicted molar refractivity (Wildman–Crippen MR) is 111 cm³/mol. The summed E-state index contributed by atoms with van der Waals surface area (Å²) in [6.07, 6.45) is 6.23. The molecule has 8 heteroatoms. The third-order valence-corrected chi connectivity index (χ3v) is 6.43. The van der Waals surface area contributed by atoms with E-state index in [0.717, 1.165) is 37.1 Å². The van der Waals surface area contributed by atoms with Crippen molar-refractivity contribution >= 4 is 26.6 Å². The van der Waals surface area contributed by atoms with Gasteiger partial charge >= 0.3 is 0 Å². The number of pyridine rings is 1. The van der Waals surface area contributed by atoms with Crippen LogP contribution in [0, 0.1) is 4.78 Å². The summed E-state index contributed by atoms with van der Waals surface area (Å²) in [4.78, 5) is 18.1. The lowest BCUT2D eigenvalue weighted by molar-refractivity contribution is 0.198. The second-order valence-corrected chi connectivity index (χ2v) is 9.38. The van der Waals surface area contributed by atoms with Gasteiger partial charge in [-0.1, -0.05) is 18.2 Å². The van der Waals surface area contributed by atoms with Gasteiger partial charge in [0.1, 0.15) is 0 Å². The molecule has 2 atom stereocenters. The quantitative estimate of drug-likeness (QED) is 0.730. The number of benzene rings is 1. The van der Waals surface area contributed by atoms with Gasteiger partial charge in [0.25, 0.3) is 0 Å². The van der Waals surface area contributed by atoms with Gasteiger partial charge in [-0.05, 0) is 24.6 Å². The molecule has 0 amide bonds. The average molecular weight is 397 g/mol. The standard InChI is InChI=1S/C20H24N6OS/c1-15(17-6-5-16-4-3-7-22-19(16)12-17)25-8-10-26(11-9-25)20-23-13-18(14-24-20)28(2,21)27/h3-7,12-15,21H,8-11H2,1-2H3. The first-order valence-electron chi connectivity index (χ1n) is 9.31. The number of aromatic nitrogens is 3. The summed E-state index contributed by atoms with van der Waals surface area (Å²) >= 11 is 0. The van der Waals surface area contributed by atoms with Crippen molar-refractivity contribution < 1.29 is 4.21 Å². The maximum absolute atomic E-state index is 11.8. The molecular formula is C20H24N6OS. The van der Waals surface area contributed by atoms with E-state index < -0.39 is 9.73 Å². The van der Waals surface area contributed by atoms with Crippen molar-refractivity contribution in [1.82, 2.24) is 19.9 Å². The van der Waals surface area contributed by atoms with Gasteiger partial charge in [-0.3, -0.25) is 9.88 Å². The summed E-state index contributed by atoms with van der Waals surface area (Å²) in [6.45, 7) is 5.72. The second kappa shape index (κ2) is 7.44. The molecule has 0 bridgehead atoms. The summed E-state index contributed by atoms with van der Waals surface area (Å²) in [5, 5.41) is 1.16. The highest BCUT2D eigenvalue weighted by molar-refractivity contribution is 7.91. The molecule has 4 rings (SSSR count). The number of anilines is 1. The van der Waals surface area contributed by atoms with Crippen LogP contribution in [0.2, 0.25) is 0 Å². The number of nitrogens with one attached hydrogen (secondary N) is 1. The molecule has 2 aromatic heterocycles. The fourth-order valence-corrected chi connectivity index (χ4v) is 4.04. The first-order chi connectivity index (χ1) is 13.4. The zero-order chi connectivity index (χ0) is 19.7. The summed E-state index contributed by atoms with van der Waals surface area (Å²) < 4.78 is 19.4. The van der Waals surface area contributed by atoms with Crippen LogP contribution in [0.4, 0.5) is 5.95 Å². The van der Waals surface area contributed by atoms with E-state index in [-0.39, 0.29) is 0 Å². The molecule has 1 N–H and O–H groups in total. The van der Waals surface area contributed by atoms with E-state index in [0.29, 0.717) is 16.9 Å². The number of rotatable bonds is 4. The molecule has 0 saturated carbocycles. The Morgan fingerprint density at radius 2 is 1.79 bits per heavy atom. The van der Waals surface area contributed by atoms with Crippen LogP contribution in [0.25, 0.3) is 10.9 Å². The van der Waals surface area contributed by atoms with Crippen molar-refractivity contribution in [2.45, 2.75) is 17.9 Å². The molecule has 1 aliphatic heterocycles. The maximum Gasteiger partial charge on any atom is 0.225 e. The zero-order valence-corrected chi connectivity index (χ0v) is 16.9. The van der Waals surface area contributed by atoms with E-state index in [4.69, 9.17) is 4.78 Å². The smallest absolute Gasteiger partial charge is 0.225 e. The molecule has 2 unspecified atom stereocenters. The molecule has 1 saturated heterocycles. The Bertz CT molecular complexity index is 1080. The van der Waals surface area contributed by atoms with Gasteiger partial charge < -0.3 is 4.90 Å². The predicted octanol–water partition coefficient (Wildman–Crippen LogP) is 2.94. The van der Waals surface area contributed by atoms with Crippen LogP contribution in [-0.4, -0.2) is 56.5 Å². The van der Waals surface area contributed by atoms with Gasteiger partial charge in [0, 0.05) is 62.5 Å². The fourth-order valence-electron chi connectivity index (χ4n) is 3.54. The highest BCUT2D eigenvalue weighted by Crippen LogP contribution is 2.25. The minimum atomic E-state index is -2.77.